The zero-order valence-electron chi connectivity index (χ0n) is 29.3. The van der Waals surface area contributed by atoms with Crippen LogP contribution in [0, 0.1) is 23.2 Å². The topological polar surface area (TPSA) is 180 Å². The molecule has 1 saturated heterocycles. The Morgan fingerprint density at radius 1 is 0.898 bits per heavy atom. The second kappa shape index (κ2) is 15.8. The predicted molar refractivity (Wildman–Crippen MR) is 181 cm³/mol. The van der Waals surface area contributed by atoms with Gasteiger partial charge < -0.3 is 26.2 Å². The number of ketones is 1. The second-order valence-corrected chi connectivity index (χ2v) is 15.5. The Labute approximate surface area is 288 Å². The fourth-order valence-corrected chi connectivity index (χ4v) is 7.87. The number of likely N-dealkylation sites (tertiary alicyclic amines) is 1. The molecule has 4 N–H and O–H groups in total. The summed E-state index contributed by atoms with van der Waals surface area (Å²) in [6, 6.07) is -3.68. The van der Waals surface area contributed by atoms with Crippen LogP contribution in [0.4, 0.5) is 0 Å². The van der Waals surface area contributed by atoms with Gasteiger partial charge in [0.15, 0.2) is 0 Å². The first-order valence-electron chi connectivity index (χ1n) is 18.2. The minimum Gasteiger partial charge on any atom is -0.347 e. The molecule has 0 unspecified atom stereocenters. The molecule has 1 aliphatic heterocycles. The lowest BCUT2D eigenvalue weighted by molar-refractivity contribution is -0.146. The van der Waals surface area contributed by atoms with Gasteiger partial charge >= 0.3 is 0 Å². The third-order valence-corrected chi connectivity index (χ3v) is 10.7. The summed E-state index contributed by atoms with van der Waals surface area (Å²) in [5.74, 6) is -3.20. The van der Waals surface area contributed by atoms with Gasteiger partial charge in [0.05, 0.1) is 12.2 Å². The molecule has 6 atom stereocenters. The van der Waals surface area contributed by atoms with E-state index >= 15 is 0 Å². The smallest absolute Gasteiger partial charge is 0.289 e. The average Bonchev–Trinajstić information content (AvgIpc) is 3.65. The number of hydrogen-bond donors (Lipinski definition) is 4. The number of carbonyl (C=O) groups excluding carboxylic acids is 6. The highest BCUT2D eigenvalue weighted by Gasteiger charge is 2.52. The summed E-state index contributed by atoms with van der Waals surface area (Å²) in [6.45, 7) is 7.85. The monoisotopic (exact) mass is 679 g/mol. The van der Waals surface area contributed by atoms with Gasteiger partial charge in [-0.15, -0.1) is 0 Å². The van der Waals surface area contributed by atoms with Gasteiger partial charge in [0.2, 0.25) is 23.5 Å². The van der Waals surface area contributed by atoms with E-state index in [9.17, 15) is 28.8 Å². The number of carbonyl (C=O) groups is 6. The molecular formula is C36H53N7O6. The van der Waals surface area contributed by atoms with Crippen molar-refractivity contribution in [3.63, 3.8) is 0 Å². The number of rotatable bonds is 13. The van der Waals surface area contributed by atoms with Gasteiger partial charge in [-0.2, -0.15) is 0 Å². The zero-order chi connectivity index (χ0) is 35.3. The van der Waals surface area contributed by atoms with E-state index in [4.69, 9.17) is 0 Å². The zero-order valence-corrected chi connectivity index (χ0v) is 29.3. The van der Waals surface area contributed by atoms with Gasteiger partial charge in [0.25, 0.3) is 11.8 Å². The summed E-state index contributed by atoms with van der Waals surface area (Å²) in [5, 5.41) is 11.5. The van der Waals surface area contributed by atoms with Crippen LogP contribution in [0.25, 0.3) is 0 Å². The SMILES string of the molecule is CCC[C@@H](NC(=O)[C@H]1[C@H]2CCC[C@@H]2CN1C(=O)[C@H](NC(=O)[C@H](NC(=O)c1cnccn1)C1CCCCC1)C(C)(C)C)C(=O)C(=O)NC1CC1. The van der Waals surface area contributed by atoms with Crippen molar-refractivity contribution in [2.45, 2.75) is 135 Å². The van der Waals surface area contributed by atoms with E-state index < -0.39 is 59.0 Å². The highest BCUT2D eigenvalue weighted by Crippen LogP contribution is 2.43. The molecule has 4 aliphatic rings. The van der Waals surface area contributed by atoms with Crippen LogP contribution in [0.5, 0.6) is 0 Å². The van der Waals surface area contributed by atoms with E-state index in [-0.39, 0.29) is 35.4 Å². The van der Waals surface area contributed by atoms with Crippen LogP contribution in [0.15, 0.2) is 18.6 Å². The molecule has 3 saturated carbocycles. The van der Waals surface area contributed by atoms with Crippen molar-refractivity contribution >= 4 is 35.3 Å². The van der Waals surface area contributed by atoms with Gasteiger partial charge in [-0.3, -0.25) is 33.8 Å². The largest absolute Gasteiger partial charge is 0.347 e. The lowest BCUT2D eigenvalue weighted by Gasteiger charge is -2.38. The van der Waals surface area contributed by atoms with Crippen LogP contribution in [-0.2, 0) is 24.0 Å². The number of nitrogens with zero attached hydrogens (tertiary/aromatic N) is 3. The van der Waals surface area contributed by atoms with Crippen molar-refractivity contribution in [1.82, 2.24) is 36.1 Å². The molecule has 0 spiro atoms. The number of aromatic nitrogens is 2. The maximum atomic E-state index is 14.6. The lowest BCUT2D eigenvalue weighted by atomic mass is 9.82. The van der Waals surface area contributed by atoms with Crippen LogP contribution in [0.2, 0.25) is 0 Å². The van der Waals surface area contributed by atoms with Crippen molar-refractivity contribution in [3.05, 3.63) is 24.3 Å². The van der Waals surface area contributed by atoms with E-state index in [0.29, 0.717) is 19.4 Å². The maximum Gasteiger partial charge on any atom is 0.289 e. The number of nitrogens with one attached hydrogen (secondary N) is 4. The molecule has 1 aromatic heterocycles. The first-order chi connectivity index (χ1) is 23.4. The standard InChI is InChI=1S/C36H53N7O6/c1-5-10-25(29(44)34(48)39-23-15-16-23)40-33(47)28-24-14-9-13-22(24)20-43(28)35(49)30(36(2,3)4)42-32(46)27(21-11-7-6-8-12-21)41-31(45)26-19-37-17-18-38-26/h17-19,21-25,27-28,30H,5-16,20H2,1-4H3,(H,39,48)(H,40,47)(H,41,45)(H,42,46)/t22-,24+,25-,27-,28-,30+/m1/s1. The Balaban J connectivity index is 1.36. The molecule has 0 bridgehead atoms. The van der Waals surface area contributed by atoms with Crippen molar-refractivity contribution in [2.24, 2.45) is 23.2 Å². The van der Waals surface area contributed by atoms with Crippen LogP contribution in [0.3, 0.4) is 0 Å². The molecular weight excluding hydrogens is 626 g/mol. The molecule has 49 heavy (non-hydrogen) atoms. The van der Waals surface area contributed by atoms with Crippen molar-refractivity contribution < 1.29 is 28.8 Å². The molecule has 1 aromatic rings. The summed E-state index contributed by atoms with van der Waals surface area (Å²) in [5.41, 5.74) is -0.638. The third kappa shape index (κ3) is 8.83. The number of amides is 5. The van der Waals surface area contributed by atoms with Gasteiger partial charge in [0, 0.05) is 25.0 Å². The molecule has 13 heteroatoms. The summed E-state index contributed by atoms with van der Waals surface area (Å²) in [7, 11) is 0. The van der Waals surface area contributed by atoms with E-state index in [0.717, 1.165) is 64.2 Å². The van der Waals surface area contributed by atoms with Gasteiger partial charge in [-0.1, -0.05) is 59.8 Å². The summed E-state index contributed by atoms with van der Waals surface area (Å²) < 4.78 is 0. The van der Waals surface area contributed by atoms with Crippen LogP contribution < -0.4 is 21.3 Å². The number of fused-ring (bicyclic) bond motifs is 1. The van der Waals surface area contributed by atoms with E-state index in [1.165, 1.54) is 18.6 Å². The van der Waals surface area contributed by atoms with Gasteiger partial charge in [-0.25, -0.2) is 4.98 Å². The lowest BCUT2D eigenvalue weighted by Crippen LogP contribution is -2.62. The molecule has 13 nitrogen and oxygen atoms in total. The highest BCUT2D eigenvalue weighted by atomic mass is 16.2. The minimum absolute atomic E-state index is 0.0132. The molecule has 0 radical (unpaired) electrons. The first-order valence-corrected chi connectivity index (χ1v) is 18.2. The summed E-state index contributed by atoms with van der Waals surface area (Å²) in [6.07, 6.45) is 13.9. The fourth-order valence-electron chi connectivity index (χ4n) is 7.87. The van der Waals surface area contributed by atoms with Crippen LogP contribution in [0.1, 0.15) is 115 Å². The number of hydrogen-bond acceptors (Lipinski definition) is 8. The van der Waals surface area contributed by atoms with Crippen LogP contribution >= 0.6 is 0 Å². The van der Waals surface area contributed by atoms with Gasteiger partial charge in [-0.05, 0) is 68.1 Å². The molecule has 268 valence electrons. The molecule has 2 heterocycles. The number of Topliss-reactive ketones (excluding diaryl/α,β-unsaturated/α-hetero) is 1. The summed E-state index contributed by atoms with van der Waals surface area (Å²) >= 11 is 0. The fraction of sp³-hybridized carbons (Fsp3) is 0.722. The van der Waals surface area contributed by atoms with Crippen molar-refractivity contribution in [2.75, 3.05) is 6.54 Å². The van der Waals surface area contributed by atoms with E-state index in [2.05, 4.69) is 31.2 Å². The molecule has 5 amide bonds. The third-order valence-electron chi connectivity index (χ3n) is 10.7. The van der Waals surface area contributed by atoms with E-state index in [1.807, 2.05) is 27.7 Å². The van der Waals surface area contributed by atoms with Gasteiger partial charge in [0.1, 0.15) is 23.8 Å². The molecule has 0 aromatic carbocycles. The molecule has 3 aliphatic carbocycles. The predicted octanol–water partition coefficient (Wildman–Crippen LogP) is 2.45. The van der Waals surface area contributed by atoms with Crippen molar-refractivity contribution in [3.8, 4) is 0 Å². The normalized spacial score (nSPS) is 24.2. The average molecular weight is 680 g/mol. The first kappa shape index (κ1) is 36.4. The Hall–Kier alpha value is -3.90. The Morgan fingerprint density at radius 2 is 1.63 bits per heavy atom. The summed E-state index contributed by atoms with van der Waals surface area (Å²) in [4.78, 5) is 91.4. The second-order valence-electron chi connectivity index (χ2n) is 15.5. The molecule has 4 fully saturated rings. The quantitative estimate of drug-likeness (QED) is 0.230. The minimum atomic E-state index is -0.994. The van der Waals surface area contributed by atoms with E-state index in [1.54, 1.807) is 4.90 Å². The maximum absolute atomic E-state index is 14.6. The Morgan fingerprint density at radius 3 is 2.27 bits per heavy atom. The Bertz CT molecular complexity index is 1390. The van der Waals surface area contributed by atoms with Crippen LogP contribution in [-0.4, -0.2) is 86.9 Å². The highest BCUT2D eigenvalue weighted by molar-refractivity contribution is 6.38. The van der Waals surface area contributed by atoms with Crippen molar-refractivity contribution in [1.29, 1.82) is 0 Å². The Kier molecular flexibility index (Phi) is 11.7. The molecule has 5 rings (SSSR count).